The van der Waals surface area contributed by atoms with E-state index in [0.29, 0.717) is 30.3 Å². The van der Waals surface area contributed by atoms with Gasteiger partial charge in [0.15, 0.2) is 0 Å². The monoisotopic (exact) mass is 266 g/mol. The van der Waals surface area contributed by atoms with Crippen LogP contribution in [-0.2, 0) is 11.3 Å². The van der Waals surface area contributed by atoms with Gasteiger partial charge in [-0.25, -0.2) is 4.98 Å². The van der Waals surface area contributed by atoms with Crippen molar-refractivity contribution in [3.8, 4) is 0 Å². The normalized spacial score (nSPS) is 16.9. The first-order chi connectivity index (χ1) is 8.63. The summed E-state index contributed by atoms with van der Waals surface area (Å²) >= 11 is 1.30. The fourth-order valence-electron chi connectivity index (χ4n) is 1.97. The Hall–Kier alpha value is -1.80. The molecule has 3 rings (SSSR count). The van der Waals surface area contributed by atoms with E-state index in [1.807, 2.05) is 4.90 Å². The first kappa shape index (κ1) is 11.3. The van der Waals surface area contributed by atoms with Crippen LogP contribution in [0.25, 0.3) is 4.96 Å². The van der Waals surface area contributed by atoms with Crippen LogP contribution in [0.4, 0.5) is 0 Å². The van der Waals surface area contributed by atoms with Crippen molar-refractivity contribution < 1.29 is 9.90 Å². The highest BCUT2D eigenvalue weighted by Crippen LogP contribution is 2.17. The minimum atomic E-state index is -0.766. The summed E-state index contributed by atoms with van der Waals surface area (Å²) in [5.41, 5.74) is 2.03. The lowest BCUT2D eigenvalue weighted by molar-refractivity contribution is -0.147. The van der Waals surface area contributed by atoms with Crippen molar-refractivity contribution in [3.05, 3.63) is 27.6 Å². The van der Waals surface area contributed by atoms with Gasteiger partial charge in [-0.05, 0) is 0 Å². The molecule has 0 spiro atoms. The molecule has 0 radical (unpaired) electrons. The standard InChI is InChI=1S/C10H10N4O3S/c15-8-1-7(12-10-14(8)11-5-18-10)4-13-2-6(3-13)9(16)17/h1,5-6H,2-4H2,(H,16,17). The van der Waals surface area contributed by atoms with Gasteiger partial charge in [0, 0.05) is 25.7 Å². The number of carboxylic acid groups (broad SMARTS) is 1. The number of nitrogens with zero attached hydrogens (tertiary/aromatic N) is 4. The van der Waals surface area contributed by atoms with Gasteiger partial charge in [-0.2, -0.15) is 9.61 Å². The minimum Gasteiger partial charge on any atom is -0.481 e. The zero-order valence-corrected chi connectivity index (χ0v) is 10.1. The molecule has 1 N–H and O–H groups in total. The van der Waals surface area contributed by atoms with Crippen LogP contribution in [0.3, 0.4) is 0 Å². The number of fused-ring (bicyclic) bond motifs is 1. The second kappa shape index (κ2) is 4.14. The zero-order chi connectivity index (χ0) is 12.7. The van der Waals surface area contributed by atoms with Crippen molar-refractivity contribution in [1.82, 2.24) is 19.5 Å². The molecule has 0 aliphatic carbocycles. The predicted octanol–water partition coefficient (Wildman–Crippen LogP) is -0.333. The fraction of sp³-hybridized carbons (Fsp3) is 0.400. The van der Waals surface area contributed by atoms with E-state index in [-0.39, 0.29) is 11.5 Å². The van der Waals surface area contributed by atoms with E-state index in [2.05, 4.69) is 10.1 Å². The largest absolute Gasteiger partial charge is 0.481 e. The zero-order valence-electron chi connectivity index (χ0n) is 9.31. The molecule has 0 amide bonds. The van der Waals surface area contributed by atoms with E-state index in [0.717, 1.165) is 0 Å². The highest BCUT2D eigenvalue weighted by Gasteiger charge is 2.32. The van der Waals surface area contributed by atoms with Crippen molar-refractivity contribution in [3.63, 3.8) is 0 Å². The van der Waals surface area contributed by atoms with Crippen molar-refractivity contribution in [2.75, 3.05) is 13.1 Å². The van der Waals surface area contributed by atoms with Crippen LogP contribution in [0.2, 0.25) is 0 Å². The van der Waals surface area contributed by atoms with Crippen LogP contribution in [0.15, 0.2) is 16.4 Å². The fourth-order valence-corrected chi connectivity index (χ4v) is 2.61. The Morgan fingerprint density at radius 3 is 3.06 bits per heavy atom. The Morgan fingerprint density at radius 2 is 2.33 bits per heavy atom. The molecule has 0 bridgehead atoms. The van der Waals surface area contributed by atoms with E-state index in [1.165, 1.54) is 21.9 Å². The Labute approximate surface area is 105 Å². The van der Waals surface area contributed by atoms with Gasteiger partial charge in [0.1, 0.15) is 5.51 Å². The summed E-state index contributed by atoms with van der Waals surface area (Å²) in [5.74, 6) is -1.06. The maximum atomic E-state index is 11.7. The molecule has 0 aromatic carbocycles. The maximum absolute atomic E-state index is 11.7. The predicted molar refractivity (Wildman–Crippen MR) is 63.5 cm³/mol. The summed E-state index contributed by atoms with van der Waals surface area (Å²) in [4.78, 5) is 29.2. The van der Waals surface area contributed by atoms with Gasteiger partial charge in [0.25, 0.3) is 5.56 Å². The molecule has 1 aliphatic heterocycles. The van der Waals surface area contributed by atoms with Crippen molar-refractivity contribution in [2.24, 2.45) is 5.92 Å². The molecule has 7 nitrogen and oxygen atoms in total. The second-order valence-electron chi connectivity index (χ2n) is 4.25. The van der Waals surface area contributed by atoms with Crippen molar-refractivity contribution in [1.29, 1.82) is 0 Å². The molecule has 1 aliphatic rings. The summed E-state index contributed by atoms with van der Waals surface area (Å²) in [6.45, 7) is 1.53. The van der Waals surface area contributed by atoms with Crippen molar-refractivity contribution in [2.45, 2.75) is 6.54 Å². The van der Waals surface area contributed by atoms with E-state index < -0.39 is 5.97 Å². The third-order valence-corrected chi connectivity index (χ3v) is 3.61. The molecule has 8 heteroatoms. The molecule has 2 aromatic heterocycles. The summed E-state index contributed by atoms with van der Waals surface area (Å²) in [6, 6.07) is 1.45. The molecule has 0 atom stereocenters. The summed E-state index contributed by atoms with van der Waals surface area (Å²) < 4.78 is 1.25. The molecular formula is C10H10N4O3S. The molecular weight excluding hydrogens is 256 g/mol. The van der Waals surface area contributed by atoms with Gasteiger partial charge in [-0.15, -0.1) is 0 Å². The number of aliphatic carboxylic acids is 1. The molecule has 0 saturated carbocycles. The van der Waals surface area contributed by atoms with E-state index in [1.54, 1.807) is 5.51 Å². The van der Waals surface area contributed by atoms with Crippen LogP contribution in [0.5, 0.6) is 0 Å². The topological polar surface area (TPSA) is 87.8 Å². The highest BCUT2D eigenvalue weighted by atomic mass is 32.1. The number of rotatable bonds is 3. The number of aromatic nitrogens is 3. The second-order valence-corrected chi connectivity index (χ2v) is 5.06. The van der Waals surface area contributed by atoms with Crippen molar-refractivity contribution >= 4 is 22.3 Å². The quantitative estimate of drug-likeness (QED) is 0.818. The lowest BCUT2D eigenvalue weighted by atomic mass is 10.0. The van der Waals surface area contributed by atoms with Gasteiger partial charge in [0.2, 0.25) is 4.96 Å². The molecule has 2 aromatic rings. The minimum absolute atomic E-state index is 0.202. The molecule has 3 heterocycles. The van der Waals surface area contributed by atoms with Gasteiger partial charge >= 0.3 is 5.97 Å². The Morgan fingerprint density at radius 1 is 1.56 bits per heavy atom. The summed E-state index contributed by atoms with van der Waals surface area (Å²) in [5, 5.41) is 12.6. The number of carboxylic acids is 1. The van der Waals surface area contributed by atoms with Gasteiger partial charge in [-0.1, -0.05) is 11.3 Å². The molecule has 18 heavy (non-hydrogen) atoms. The Kier molecular flexibility index (Phi) is 2.60. The number of carbonyl (C=O) groups is 1. The average Bonchev–Trinajstić information content (AvgIpc) is 2.70. The van der Waals surface area contributed by atoms with Gasteiger partial charge in [0.05, 0.1) is 11.6 Å². The smallest absolute Gasteiger partial charge is 0.309 e. The lowest BCUT2D eigenvalue weighted by Gasteiger charge is -2.36. The SMILES string of the molecule is O=C(O)C1CN(Cc2cc(=O)n3ncsc3n2)C1. The first-order valence-electron chi connectivity index (χ1n) is 5.41. The van der Waals surface area contributed by atoms with Crippen LogP contribution in [0.1, 0.15) is 5.69 Å². The maximum Gasteiger partial charge on any atom is 0.309 e. The van der Waals surface area contributed by atoms with Crippen LogP contribution in [-0.4, -0.2) is 43.7 Å². The van der Waals surface area contributed by atoms with Crippen LogP contribution >= 0.6 is 11.3 Å². The van der Waals surface area contributed by atoms with Crippen LogP contribution in [0, 0.1) is 5.92 Å². The highest BCUT2D eigenvalue weighted by molar-refractivity contribution is 7.14. The number of hydrogen-bond acceptors (Lipinski definition) is 6. The van der Waals surface area contributed by atoms with E-state index >= 15 is 0 Å². The summed E-state index contributed by atoms with van der Waals surface area (Å²) in [7, 11) is 0. The summed E-state index contributed by atoms with van der Waals surface area (Å²) in [6.07, 6.45) is 0. The van der Waals surface area contributed by atoms with E-state index in [9.17, 15) is 9.59 Å². The molecule has 1 fully saturated rings. The molecule has 0 unspecified atom stereocenters. The number of likely N-dealkylation sites (tertiary alicyclic amines) is 1. The first-order valence-corrected chi connectivity index (χ1v) is 6.29. The van der Waals surface area contributed by atoms with Crippen LogP contribution < -0.4 is 5.56 Å². The average molecular weight is 266 g/mol. The molecule has 1 saturated heterocycles. The Balaban J connectivity index is 1.76. The van der Waals surface area contributed by atoms with E-state index in [4.69, 9.17) is 5.11 Å². The number of hydrogen-bond donors (Lipinski definition) is 1. The lowest BCUT2D eigenvalue weighted by Crippen LogP contribution is -2.49. The third-order valence-electron chi connectivity index (χ3n) is 2.93. The Bertz CT molecular complexity index is 658. The molecule has 94 valence electrons. The third kappa shape index (κ3) is 1.89. The van der Waals surface area contributed by atoms with Gasteiger partial charge < -0.3 is 5.11 Å². The van der Waals surface area contributed by atoms with Gasteiger partial charge in [-0.3, -0.25) is 14.5 Å².